The average molecular weight is 562 g/mol. The molecule has 2 aromatic carbocycles. The molecule has 3 rings (SSSR count). The number of rotatable bonds is 17. The molecule has 1 aliphatic rings. The molecular weight excluding hydrogens is 518 g/mol. The van der Waals surface area contributed by atoms with E-state index < -0.39 is 5.97 Å². The average Bonchev–Trinajstić information content (AvgIpc) is 2.94. The second-order valence-electron chi connectivity index (χ2n) is 10.8. The van der Waals surface area contributed by atoms with Crippen molar-refractivity contribution in [2.45, 2.75) is 84.5 Å². The fourth-order valence-corrected chi connectivity index (χ4v) is 4.97. The molecule has 1 unspecified atom stereocenters. The molecule has 0 bridgehead atoms. The Morgan fingerprint density at radius 3 is 2.51 bits per heavy atom. The summed E-state index contributed by atoms with van der Waals surface area (Å²) in [5.41, 5.74) is 2.93. The van der Waals surface area contributed by atoms with E-state index in [0.29, 0.717) is 52.8 Å². The van der Waals surface area contributed by atoms with Crippen LogP contribution in [0, 0.1) is 5.92 Å². The number of aliphatic carboxylic acids is 1. The predicted molar refractivity (Wildman–Crippen MR) is 162 cm³/mol. The third-order valence-corrected chi connectivity index (χ3v) is 7.20. The minimum atomic E-state index is -0.957. The minimum absolute atomic E-state index is 0.0159. The fourth-order valence-electron chi connectivity index (χ4n) is 4.97. The highest BCUT2D eigenvalue weighted by Crippen LogP contribution is 2.37. The van der Waals surface area contributed by atoms with E-state index in [2.05, 4.69) is 37.4 Å². The molecule has 7 heteroatoms. The number of carbonyl (C=O) groups is 3. The van der Waals surface area contributed by atoms with Crippen LogP contribution in [0.1, 0.15) is 94.0 Å². The van der Waals surface area contributed by atoms with Crippen LogP contribution in [0.4, 0.5) is 5.69 Å². The van der Waals surface area contributed by atoms with Crippen LogP contribution >= 0.6 is 0 Å². The lowest BCUT2D eigenvalue weighted by Gasteiger charge is -2.17. The van der Waals surface area contributed by atoms with Gasteiger partial charge in [-0.1, -0.05) is 56.6 Å². The number of carbonyl (C=O) groups excluding carboxylic acids is 2. The zero-order chi connectivity index (χ0) is 29.6. The van der Waals surface area contributed by atoms with Crippen molar-refractivity contribution in [1.29, 1.82) is 0 Å². The number of ketones is 1. The molecule has 1 amide bonds. The van der Waals surface area contributed by atoms with E-state index in [9.17, 15) is 19.5 Å². The summed E-state index contributed by atoms with van der Waals surface area (Å²) < 4.78 is 11.6. The molecule has 0 saturated carbocycles. The Labute approximate surface area is 243 Å². The molecule has 0 radical (unpaired) electrons. The van der Waals surface area contributed by atoms with E-state index >= 15 is 0 Å². The van der Waals surface area contributed by atoms with Crippen molar-refractivity contribution in [2.24, 2.45) is 5.92 Å². The molecule has 41 heavy (non-hydrogen) atoms. The van der Waals surface area contributed by atoms with Gasteiger partial charge in [0.05, 0.1) is 19.2 Å². The van der Waals surface area contributed by atoms with Gasteiger partial charge in [0.1, 0.15) is 0 Å². The number of hydrogen-bond donors (Lipinski definition) is 2. The number of carboxylic acid groups (broad SMARTS) is 1. The molecule has 2 aromatic rings. The second kappa shape index (κ2) is 16.4. The summed E-state index contributed by atoms with van der Waals surface area (Å²) in [6.45, 7) is 4.32. The minimum Gasteiger partial charge on any atom is -0.493 e. The van der Waals surface area contributed by atoms with E-state index in [1.807, 2.05) is 0 Å². The number of allylic oxidation sites excluding steroid dienone is 4. The predicted octanol–water partition coefficient (Wildman–Crippen LogP) is 8.29. The third kappa shape index (κ3) is 10.6. The molecule has 0 heterocycles. The summed E-state index contributed by atoms with van der Waals surface area (Å²) in [6.07, 6.45) is 14.9. The first-order valence-corrected chi connectivity index (χ1v) is 14.7. The van der Waals surface area contributed by atoms with Crippen LogP contribution in [-0.4, -0.2) is 29.9 Å². The van der Waals surface area contributed by atoms with E-state index in [1.54, 1.807) is 36.4 Å². The Morgan fingerprint density at radius 2 is 1.80 bits per heavy atom. The highest BCUT2D eigenvalue weighted by atomic mass is 16.5. The van der Waals surface area contributed by atoms with Crippen LogP contribution in [0.5, 0.6) is 17.2 Å². The van der Waals surface area contributed by atoms with E-state index in [4.69, 9.17) is 9.47 Å². The van der Waals surface area contributed by atoms with Gasteiger partial charge in [-0.2, -0.15) is 0 Å². The van der Waals surface area contributed by atoms with Crippen LogP contribution in [0.3, 0.4) is 0 Å². The normalized spacial score (nSPS) is 13.3. The Bertz CT molecular complexity index is 1260. The summed E-state index contributed by atoms with van der Waals surface area (Å²) in [7, 11) is 1.50. The first-order valence-electron chi connectivity index (χ1n) is 14.7. The second-order valence-corrected chi connectivity index (χ2v) is 10.8. The Balaban J connectivity index is 1.74. The zero-order valence-corrected chi connectivity index (χ0v) is 24.5. The van der Waals surface area contributed by atoms with Gasteiger partial charge < -0.3 is 19.9 Å². The quantitative estimate of drug-likeness (QED) is 0.149. The molecule has 1 aliphatic carbocycles. The van der Waals surface area contributed by atoms with E-state index in [1.165, 1.54) is 12.7 Å². The van der Waals surface area contributed by atoms with Crippen molar-refractivity contribution in [3.8, 4) is 17.2 Å². The molecular formula is C34H43NO6. The van der Waals surface area contributed by atoms with Crippen molar-refractivity contribution >= 4 is 23.3 Å². The fraction of sp³-hybridized carbons (Fsp3) is 0.441. The summed E-state index contributed by atoms with van der Waals surface area (Å²) >= 11 is 0. The Kier molecular flexibility index (Phi) is 12.7. The monoisotopic (exact) mass is 561 g/mol. The highest BCUT2D eigenvalue weighted by Gasteiger charge is 2.17. The lowest BCUT2D eigenvalue weighted by atomic mass is 9.91. The number of amides is 1. The van der Waals surface area contributed by atoms with Crippen molar-refractivity contribution in [3.05, 3.63) is 71.3 Å². The van der Waals surface area contributed by atoms with Gasteiger partial charge in [0.2, 0.25) is 5.91 Å². The van der Waals surface area contributed by atoms with Crippen LogP contribution in [0.15, 0.2) is 60.2 Å². The molecule has 220 valence electrons. The number of methoxy groups -OCH3 is 1. The number of ether oxygens (including phenoxy) is 2. The SMILES string of the molecule is CCCCCC(=O)c1ccc(Oc2cc(CC(=O)O)ccc2OC)c(NC(=O)CCCC(C)CC2=CC=CCC2)c1. The molecule has 0 saturated heterocycles. The summed E-state index contributed by atoms with van der Waals surface area (Å²) in [5.74, 6) is 0.500. The maximum Gasteiger partial charge on any atom is 0.307 e. The first kappa shape index (κ1) is 31.7. The Hall–Kier alpha value is -3.87. The number of nitrogens with one attached hydrogen (secondary N) is 1. The highest BCUT2D eigenvalue weighted by molar-refractivity contribution is 5.99. The van der Waals surface area contributed by atoms with Gasteiger partial charge in [-0.25, -0.2) is 0 Å². The lowest BCUT2D eigenvalue weighted by molar-refractivity contribution is -0.136. The van der Waals surface area contributed by atoms with Gasteiger partial charge in [0.15, 0.2) is 23.0 Å². The molecule has 0 aromatic heterocycles. The maximum absolute atomic E-state index is 13.0. The van der Waals surface area contributed by atoms with Crippen molar-refractivity contribution < 1.29 is 29.0 Å². The first-order chi connectivity index (χ1) is 19.8. The van der Waals surface area contributed by atoms with Gasteiger partial charge in [0.25, 0.3) is 0 Å². The lowest BCUT2D eigenvalue weighted by Crippen LogP contribution is -2.13. The summed E-state index contributed by atoms with van der Waals surface area (Å²) in [6, 6.07) is 9.97. The molecule has 0 fully saturated rings. The standard InChI is InChI=1S/C34H43NO6/c1-4-5-7-14-29(36)27-17-19-30(41-32-21-26(22-34(38)39)16-18-31(32)40-3)28(23-27)35-33(37)15-10-11-24(2)20-25-12-8-6-9-13-25/h6,8,12,16-19,21,23-24H,4-5,7,9-11,13-15,20,22H2,1-3H3,(H,35,37)(H,38,39). The third-order valence-electron chi connectivity index (χ3n) is 7.20. The largest absolute Gasteiger partial charge is 0.493 e. The number of carboxylic acids is 1. The summed E-state index contributed by atoms with van der Waals surface area (Å²) in [5, 5.41) is 12.2. The maximum atomic E-state index is 13.0. The van der Waals surface area contributed by atoms with E-state index in [0.717, 1.165) is 51.4 Å². The van der Waals surface area contributed by atoms with Gasteiger partial charge in [-0.3, -0.25) is 14.4 Å². The van der Waals surface area contributed by atoms with Crippen LogP contribution in [0.2, 0.25) is 0 Å². The van der Waals surface area contributed by atoms with Crippen molar-refractivity contribution in [3.63, 3.8) is 0 Å². The smallest absolute Gasteiger partial charge is 0.307 e. The van der Waals surface area contributed by atoms with E-state index in [-0.39, 0.29) is 18.1 Å². The number of benzene rings is 2. The summed E-state index contributed by atoms with van der Waals surface area (Å²) in [4.78, 5) is 37.1. The van der Waals surface area contributed by atoms with Gasteiger partial charge in [0, 0.05) is 18.4 Å². The van der Waals surface area contributed by atoms with Gasteiger partial charge in [-0.05, 0) is 80.3 Å². The zero-order valence-electron chi connectivity index (χ0n) is 24.5. The molecule has 1 atom stereocenters. The number of hydrogen-bond acceptors (Lipinski definition) is 5. The van der Waals surface area contributed by atoms with Crippen molar-refractivity contribution in [2.75, 3.05) is 12.4 Å². The van der Waals surface area contributed by atoms with Crippen LogP contribution in [-0.2, 0) is 16.0 Å². The van der Waals surface area contributed by atoms with Crippen LogP contribution in [0.25, 0.3) is 0 Å². The molecule has 7 nitrogen and oxygen atoms in total. The topological polar surface area (TPSA) is 102 Å². The van der Waals surface area contributed by atoms with Crippen LogP contribution < -0.4 is 14.8 Å². The van der Waals surface area contributed by atoms with Crippen molar-refractivity contribution in [1.82, 2.24) is 0 Å². The molecule has 0 spiro atoms. The van der Waals surface area contributed by atoms with Gasteiger partial charge in [-0.15, -0.1) is 0 Å². The Morgan fingerprint density at radius 1 is 1.00 bits per heavy atom. The number of unbranched alkanes of at least 4 members (excludes halogenated alkanes) is 2. The molecule has 0 aliphatic heterocycles. The molecule has 2 N–H and O–H groups in total. The number of anilines is 1. The van der Waals surface area contributed by atoms with Gasteiger partial charge >= 0.3 is 5.97 Å². The number of Topliss-reactive ketones (excluding diaryl/α,β-unsaturated/α-hetero) is 1.